The molecule has 0 spiro atoms. The number of para-hydroxylation sites is 2. The Labute approximate surface area is 120 Å². The minimum Gasteiger partial charge on any atom is -0.506 e. The van der Waals surface area contributed by atoms with Gasteiger partial charge in [0.15, 0.2) is 5.76 Å². The molecule has 3 aromatic rings. The number of hydrogen-bond donors (Lipinski definition) is 2. The molecular weight excluding hydrogens is 270 g/mol. The number of phenolic OH excluding ortho intramolecular Hbond substituents is 1. The van der Waals surface area contributed by atoms with Crippen LogP contribution < -0.4 is 5.32 Å². The molecule has 106 valence electrons. The number of hydrogen-bond acceptors (Lipinski definition) is 4. The van der Waals surface area contributed by atoms with Gasteiger partial charge in [0, 0.05) is 12.4 Å². The summed E-state index contributed by atoms with van der Waals surface area (Å²) in [6.45, 7) is 0.455. The van der Waals surface area contributed by atoms with Gasteiger partial charge >= 0.3 is 0 Å². The Kier molecular flexibility index (Phi) is 3.42. The van der Waals surface area contributed by atoms with Crippen molar-refractivity contribution in [2.24, 2.45) is 0 Å². The fraction of sp³-hybridized carbons (Fsp3) is 0.0667. The van der Waals surface area contributed by atoms with Crippen molar-refractivity contribution in [2.75, 3.05) is 5.32 Å². The van der Waals surface area contributed by atoms with E-state index in [0.29, 0.717) is 18.0 Å². The highest BCUT2D eigenvalue weighted by Gasteiger charge is 2.13. The summed E-state index contributed by atoms with van der Waals surface area (Å²) in [4.78, 5) is 12.0. The van der Waals surface area contributed by atoms with Crippen LogP contribution in [-0.4, -0.2) is 20.8 Å². The van der Waals surface area contributed by atoms with Crippen LogP contribution in [0.25, 0.3) is 0 Å². The quantitative estimate of drug-likeness (QED) is 0.721. The highest BCUT2D eigenvalue weighted by atomic mass is 16.4. The first-order valence-electron chi connectivity index (χ1n) is 6.38. The van der Waals surface area contributed by atoms with Crippen LogP contribution in [0.1, 0.15) is 16.3 Å². The average Bonchev–Trinajstić information content (AvgIpc) is 3.13. The van der Waals surface area contributed by atoms with E-state index in [1.807, 2.05) is 12.3 Å². The zero-order valence-electron chi connectivity index (χ0n) is 11.1. The highest BCUT2D eigenvalue weighted by Crippen LogP contribution is 2.22. The fourth-order valence-corrected chi connectivity index (χ4v) is 1.90. The monoisotopic (exact) mass is 283 g/mol. The maximum absolute atomic E-state index is 12.0. The lowest BCUT2D eigenvalue weighted by molar-refractivity contribution is 0.0994. The Hall–Kier alpha value is -3.02. The van der Waals surface area contributed by atoms with Gasteiger partial charge in [-0.3, -0.25) is 9.48 Å². The predicted molar refractivity (Wildman–Crippen MR) is 76.1 cm³/mol. The molecule has 0 fully saturated rings. The maximum atomic E-state index is 12.0. The molecule has 2 heterocycles. The molecule has 3 rings (SSSR count). The van der Waals surface area contributed by atoms with Crippen molar-refractivity contribution in [2.45, 2.75) is 6.54 Å². The lowest BCUT2D eigenvalue weighted by Gasteiger charge is -2.05. The van der Waals surface area contributed by atoms with E-state index in [1.54, 1.807) is 41.2 Å². The van der Waals surface area contributed by atoms with Crippen molar-refractivity contribution in [1.82, 2.24) is 9.78 Å². The number of benzene rings is 1. The molecule has 0 unspecified atom stereocenters. The molecule has 0 saturated carbocycles. The molecule has 0 aliphatic heterocycles. The molecule has 2 N–H and O–H groups in total. The van der Waals surface area contributed by atoms with Crippen LogP contribution in [0.3, 0.4) is 0 Å². The highest BCUT2D eigenvalue weighted by molar-refractivity contribution is 6.03. The number of aromatic nitrogens is 2. The summed E-state index contributed by atoms with van der Waals surface area (Å²) in [7, 11) is 0. The zero-order chi connectivity index (χ0) is 14.7. The van der Waals surface area contributed by atoms with Crippen LogP contribution in [0, 0.1) is 0 Å². The van der Waals surface area contributed by atoms with Gasteiger partial charge in [-0.1, -0.05) is 12.1 Å². The number of furan rings is 1. The van der Waals surface area contributed by atoms with Crippen molar-refractivity contribution in [3.05, 3.63) is 66.4 Å². The standard InChI is InChI=1S/C15H13N3O3/c19-13-5-2-1-4-12(13)17-15(20)14-7-6-11(21-14)10-18-9-3-8-16-18/h1-9,19H,10H2,(H,17,20). The van der Waals surface area contributed by atoms with Crippen molar-refractivity contribution in [3.8, 4) is 5.75 Å². The second-order valence-corrected chi connectivity index (χ2v) is 4.44. The van der Waals surface area contributed by atoms with E-state index in [2.05, 4.69) is 10.4 Å². The van der Waals surface area contributed by atoms with Gasteiger partial charge in [-0.05, 0) is 30.3 Å². The summed E-state index contributed by atoms with van der Waals surface area (Å²) in [5.41, 5.74) is 0.340. The summed E-state index contributed by atoms with van der Waals surface area (Å²) in [6.07, 6.45) is 3.49. The van der Waals surface area contributed by atoms with Crippen LogP contribution in [0.4, 0.5) is 5.69 Å². The minimum atomic E-state index is -0.414. The van der Waals surface area contributed by atoms with E-state index in [-0.39, 0.29) is 11.5 Å². The summed E-state index contributed by atoms with van der Waals surface area (Å²) in [5.74, 6) is 0.402. The minimum absolute atomic E-state index is 0.00849. The number of carbonyl (C=O) groups excluding carboxylic acids is 1. The smallest absolute Gasteiger partial charge is 0.291 e. The third-order valence-corrected chi connectivity index (χ3v) is 2.91. The number of phenols is 1. The Balaban J connectivity index is 1.71. The number of anilines is 1. The molecule has 6 nitrogen and oxygen atoms in total. The largest absolute Gasteiger partial charge is 0.506 e. The number of rotatable bonds is 4. The van der Waals surface area contributed by atoms with Crippen LogP contribution in [-0.2, 0) is 6.54 Å². The fourth-order valence-electron chi connectivity index (χ4n) is 1.90. The number of aromatic hydroxyl groups is 1. The molecule has 0 bridgehead atoms. The molecule has 6 heteroatoms. The van der Waals surface area contributed by atoms with Gasteiger partial charge in [-0.2, -0.15) is 5.10 Å². The summed E-state index contributed by atoms with van der Waals surface area (Å²) in [6, 6.07) is 11.6. The van der Waals surface area contributed by atoms with E-state index in [9.17, 15) is 9.90 Å². The summed E-state index contributed by atoms with van der Waals surface area (Å²) < 4.78 is 7.17. The van der Waals surface area contributed by atoms with E-state index in [4.69, 9.17) is 4.42 Å². The van der Waals surface area contributed by atoms with Gasteiger partial charge in [-0.25, -0.2) is 0 Å². The Morgan fingerprint density at radius 2 is 2.10 bits per heavy atom. The zero-order valence-corrected chi connectivity index (χ0v) is 11.1. The number of nitrogens with one attached hydrogen (secondary N) is 1. The normalized spacial score (nSPS) is 10.5. The summed E-state index contributed by atoms with van der Waals surface area (Å²) >= 11 is 0. The third-order valence-electron chi connectivity index (χ3n) is 2.91. The second-order valence-electron chi connectivity index (χ2n) is 4.44. The first-order chi connectivity index (χ1) is 10.2. The molecule has 0 atom stereocenters. The van der Waals surface area contributed by atoms with Crippen molar-refractivity contribution < 1.29 is 14.3 Å². The molecular formula is C15H13N3O3. The Bertz CT molecular complexity index is 747. The van der Waals surface area contributed by atoms with Gasteiger partial charge in [0.25, 0.3) is 5.91 Å². The van der Waals surface area contributed by atoms with Crippen molar-refractivity contribution in [1.29, 1.82) is 0 Å². The third kappa shape index (κ3) is 2.94. The first-order valence-corrected chi connectivity index (χ1v) is 6.38. The van der Waals surface area contributed by atoms with Gasteiger partial charge in [0.1, 0.15) is 11.5 Å². The lowest BCUT2D eigenvalue weighted by Crippen LogP contribution is -2.11. The summed E-state index contributed by atoms with van der Waals surface area (Å²) in [5, 5.41) is 16.3. The molecule has 1 aromatic carbocycles. The lowest BCUT2D eigenvalue weighted by atomic mass is 10.3. The van der Waals surface area contributed by atoms with Crippen LogP contribution in [0.15, 0.2) is 59.3 Å². The Morgan fingerprint density at radius 1 is 1.24 bits per heavy atom. The number of carbonyl (C=O) groups is 1. The first kappa shape index (κ1) is 13.0. The van der Waals surface area contributed by atoms with Gasteiger partial charge < -0.3 is 14.8 Å². The molecule has 1 amide bonds. The Morgan fingerprint density at radius 3 is 2.86 bits per heavy atom. The second kappa shape index (κ2) is 5.54. The van der Waals surface area contributed by atoms with E-state index < -0.39 is 5.91 Å². The molecule has 21 heavy (non-hydrogen) atoms. The van der Waals surface area contributed by atoms with Crippen LogP contribution >= 0.6 is 0 Å². The topological polar surface area (TPSA) is 80.3 Å². The maximum Gasteiger partial charge on any atom is 0.291 e. The number of amides is 1. The van der Waals surface area contributed by atoms with Crippen LogP contribution in [0.5, 0.6) is 5.75 Å². The van der Waals surface area contributed by atoms with Crippen molar-refractivity contribution in [3.63, 3.8) is 0 Å². The van der Waals surface area contributed by atoms with Crippen molar-refractivity contribution >= 4 is 11.6 Å². The molecule has 0 saturated heterocycles. The van der Waals surface area contributed by atoms with Gasteiger partial charge in [-0.15, -0.1) is 0 Å². The molecule has 2 aromatic heterocycles. The van der Waals surface area contributed by atoms with Gasteiger partial charge in [0.2, 0.25) is 0 Å². The van der Waals surface area contributed by atoms with E-state index in [1.165, 1.54) is 6.07 Å². The van der Waals surface area contributed by atoms with E-state index >= 15 is 0 Å². The van der Waals surface area contributed by atoms with Crippen LogP contribution in [0.2, 0.25) is 0 Å². The predicted octanol–water partition coefficient (Wildman–Crippen LogP) is 2.48. The SMILES string of the molecule is O=C(Nc1ccccc1O)c1ccc(Cn2cccn2)o1. The molecule has 0 aliphatic carbocycles. The van der Waals surface area contributed by atoms with E-state index in [0.717, 1.165) is 0 Å². The molecule has 0 aliphatic rings. The number of nitrogens with zero attached hydrogens (tertiary/aromatic N) is 2. The van der Waals surface area contributed by atoms with Gasteiger partial charge in [0.05, 0.1) is 12.2 Å². The average molecular weight is 283 g/mol. The molecule has 0 radical (unpaired) electrons.